The lowest BCUT2D eigenvalue weighted by molar-refractivity contribution is 0.0263. The average Bonchev–Trinajstić information content (AvgIpc) is 2.16. The molecule has 0 aliphatic carbocycles. The minimum Gasteiger partial charge on any atom is -0.380 e. The number of rotatable bonds is 7. The molecule has 0 fully saturated rings. The number of methoxy groups -OCH3 is 1. The fraction of sp³-hybridized carbons (Fsp3) is 1.00. The molecule has 0 spiro atoms. The second-order valence-corrected chi connectivity index (χ2v) is 4.47. The van der Waals surface area contributed by atoms with Crippen LogP contribution in [0.2, 0.25) is 0 Å². The summed E-state index contributed by atoms with van der Waals surface area (Å²) in [6.45, 7) is 8.77. The summed E-state index contributed by atoms with van der Waals surface area (Å²) in [5.74, 6) is 6.74. The first-order valence-electron chi connectivity index (χ1n) is 5.55. The topological polar surface area (TPSA) is 47.3 Å². The lowest BCUT2D eigenvalue weighted by Gasteiger charge is -2.30. The molecule has 0 aromatic carbocycles. The van der Waals surface area contributed by atoms with E-state index in [2.05, 4.69) is 33.1 Å². The molecular weight excluding hydrogens is 176 g/mol. The first-order valence-corrected chi connectivity index (χ1v) is 5.55. The predicted molar refractivity (Wildman–Crippen MR) is 60.8 cm³/mol. The lowest BCUT2D eigenvalue weighted by atomic mass is 9.91. The summed E-state index contributed by atoms with van der Waals surface area (Å²) in [5, 5.41) is 0. The van der Waals surface area contributed by atoms with Gasteiger partial charge in [-0.05, 0) is 18.3 Å². The maximum absolute atomic E-state index is 5.56. The SMILES string of the molecule is CCC(C)CC(NN)C(OC)C(C)C. The average molecular weight is 202 g/mol. The fourth-order valence-electron chi connectivity index (χ4n) is 1.80. The molecule has 0 amide bonds. The lowest BCUT2D eigenvalue weighted by Crippen LogP contribution is -2.47. The van der Waals surface area contributed by atoms with Crippen LogP contribution in [-0.4, -0.2) is 19.3 Å². The van der Waals surface area contributed by atoms with Gasteiger partial charge in [-0.25, -0.2) is 0 Å². The van der Waals surface area contributed by atoms with Crippen LogP contribution < -0.4 is 11.3 Å². The molecule has 14 heavy (non-hydrogen) atoms. The second kappa shape index (κ2) is 7.21. The van der Waals surface area contributed by atoms with E-state index >= 15 is 0 Å². The van der Waals surface area contributed by atoms with Crippen molar-refractivity contribution < 1.29 is 4.74 Å². The van der Waals surface area contributed by atoms with E-state index in [-0.39, 0.29) is 12.1 Å². The van der Waals surface area contributed by atoms with Crippen LogP contribution in [0.25, 0.3) is 0 Å². The van der Waals surface area contributed by atoms with Crippen LogP contribution in [0.4, 0.5) is 0 Å². The molecular formula is C11H26N2O. The van der Waals surface area contributed by atoms with Crippen LogP contribution in [0.15, 0.2) is 0 Å². The maximum atomic E-state index is 5.56. The van der Waals surface area contributed by atoms with Gasteiger partial charge < -0.3 is 4.74 Å². The smallest absolute Gasteiger partial charge is 0.0760 e. The highest BCUT2D eigenvalue weighted by Gasteiger charge is 2.24. The molecule has 3 nitrogen and oxygen atoms in total. The third-order valence-corrected chi connectivity index (χ3v) is 2.89. The van der Waals surface area contributed by atoms with Crippen LogP contribution in [0.1, 0.15) is 40.5 Å². The zero-order valence-electron chi connectivity index (χ0n) is 10.2. The van der Waals surface area contributed by atoms with E-state index in [1.165, 1.54) is 6.42 Å². The minimum atomic E-state index is 0.203. The van der Waals surface area contributed by atoms with Crippen molar-refractivity contribution in [3.63, 3.8) is 0 Å². The number of hydrogen-bond donors (Lipinski definition) is 2. The number of ether oxygens (including phenoxy) is 1. The second-order valence-electron chi connectivity index (χ2n) is 4.47. The molecule has 3 unspecified atom stereocenters. The van der Waals surface area contributed by atoms with Crippen molar-refractivity contribution in [3.8, 4) is 0 Å². The molecule has 0 bridgehead atoms. The number of nitrogens with two attached hydrogens (primary N) is 1. The maximum Gasteiger partial charge on any atom is 0.0760 e. The Hall–Kier alpha value is -0.120. The van der Waals surface area contributed by atoms with Gasteiger partial charge >= 0.3 is 0 Å². The van der Waals surface area contributed by atoms with Crippen molar-refractivity contribution in [3.05, 3.63) is 0 Å². The minimum absolute atomic E-state index is 0.203. The Morgan fingerprint density at radius 1 is 1.29 bits per heavy atom. The van der Waals surface area contributed by atoms with E-state index in [4.69, 9.17) is 10.6 Å². The number of hydrogen-bond acceptors (Lipinski definition) is 3. The molecule has 0 heterocycles. The Kier molecular flexibility index (Phi) is 7.15. The number of nitrogens with one attached hydrogen (secondary N) is 1. The Balaban J connectivity index is 4.21. The van der Waals surface area contributed by atoms with E-state index in [0.717, 1.165) is 6.42 Å². The van der Waals surface area contributed by atoms with Gasteiger partial charge in [-0.3, -0.25) is 11.3 Å². The van der Waals surface area contributed by atoms with Gasteiger partial charge in [0, 0.05) is 13.2 Å². The molecule has 0 aliphatic heterocycles. The molecule has 3 N–H and O–H groups in total. The van der Waals surface area contributed by atoms with Gasteiger partial charge in [-0.2, -0.15) is 0 Å². The molecule has 0 aliphatic rings. The highest BCUT2D eigenvalue weighted by molar-refractivity contribution is 4.79. The van der Waals surface area contributed by atoms with Crippen LogP contribution in [0, 0.1) is 11.8 Å². The van der Waals surface area contributed by atoms with Gasteiger partial charge in [0.2, 0.25) is 0 Å². The molecule has 0 saturated heterocycles. The van der Waals surface area contributed by atoms with Crippen molar-refractivity contribution >= 4 is 0 Å². The van der Waals surface area contributed by atoms with E-state index in [1.807, 2.05) is 0 Å². The first kappa shape index (κ1) is 13.9. The summed E-state index contributed by atoms with van der Waals surface area (Å²) in [6, 6.07) is 0.259. The third kappa shape index (κ3) is 4.40. The Morgan fingerprint density at radius 3 is 2.14 bits per heavy atom. The summed E-state index contributed by atoms with van der Waals surface area (Å²) >= 11 is 0. The Bertz CT molecular complexity index is 139. The Morgan fingerprint density at radius 2 is 1.86 bits per heavy atom. The summed E-state index contributed by atoms with van der Waals surface area (Å²) in [4.78, 5) is 0. The molecule has 0 radical (unpaired) electrons. The largest absolute Gasteiger partial charge is 0.380 e. The molecule has 0 aromatic rings. The van der Waals surface area contributed by atoms with E-state index < -0.39 is 0 Å². The van der Waals surface area contributed by atoms with E-state index in [1.54, 1.807) is 7.11 Å². The third-order valence-electron chi connectivity index (χ3n) is 2.89. The number of hydrazine groups is 1. The van der Waals surface area contributed by atoms with Crippen molar-refractivity contribution in [1.82, 2.24) is 5.43 Å². The molecule has 0 saturated carbocycles. The van der Waals surface area contributed by atoms with Gasteiger partial charge in [0.05, 0.1) is 6.10 Å². The monoisotopic (exact) mass is 202 g/mol. The van der Waals surface area contributed by atoms with Crippen molar-refractivity contribution in [1.29, 1.82) is 0 Å². The van der Waals surface area contributed by atoms with Crippen LogP contribution in [0.3, 0.4) is 0 Å². The molecule has 0 rings (SSSR count). The molecule has 86 valence electrons. The predicted octanol–water partition coefficient (Wildman–Crippen LogP) is 1.93. The molecule has 3 atom stereocenters. The van der Waals surface area contributed by atoms with Gasteiger partial charge in [-0.1, -0.05) is 34.1 Å². The first-order chi connectivity index (χ1) is 6.56. The van der Waals surface area contributed by atoms with Crippen molar-refractivity contribution in [2.24, 2.45) is 17.7 Å². The van der Waals surface area contributed by atoms with Gasteiger partial charge in [0.25, 0.3) is 0 Å². The standard InChI is InChI=1S/C11H26N2O/c1-6-9(4)7-10(13-12)11(14-5)8(2)3/h8-11,13H,6-7,12H2,1-5H3. The zero-order chi connectivity index (χ0) is 11.1. The summed E-state index contributed by atoms with van der Waals surface area (Å²) in [6.07, 6.45) is 2.46. The highest BCUT2D eigenvalue weighted by Crippen LogP contribution is 2.18. The highest BCUT2D eigenvalue weighted by atomic mass is 16.5. The van der Waals surface area contributed by atoms with Crippen LogP contribution >= 0.6 is 0 Å². The van der Waals surface area contributed by atoms with E-state index in [0.29, 0.717) is 11.8 Å². The van der Waals surface area contributed by atoms with Crippen molar-refractivity contribution in [2.75, 3.05) is 7.11 Å². The van der Waals surface area contributed by atoms with Crippen LogP contribution in [0.5, 0.6) is 0 Å². The van der Waals surface area contributed by atoms with Gasteiger partial charge in [0.1, 0.15) is 0 Å². The fourth-order valence-corrected chi connectivity index (χ4v) is 1.80. The summed E-state index contributed by atoms with van der Waals surface area (Å²) in [7, 11) is 1.76. The molecule has 0 aromatic heterocycles. The normalized spacial score (nSPS) is 18.2. The summed E-state index contributed by atoms with van der Waals surface area (Å²) < 4.78 is 5.47. The van der Waals surface area contributed by atoms with Gasteiger partial charge in [-0.15, -0.1) is 0 Å². The Labute approximate surface area is 88.4 Å². The van der Waals surface area contributed by atoms with E-state index in [9.17, 15) is 0 Å². The zero-order valence-corrected chi connectivity index (χ0v) is 10.2. The molecule has 3 heteroatoms. The summed E-state index contributed by atoms with van der Waals surface area (Å²) in [5.41, 5.74) is 2.87. The van der Waals surface area contributed by atoms with Gasteiger partial charge in [0.15, 0.2) is 0 Å². The van der Waals surface area contributed by atoms with Crippen molar-refractivity contribution in [2.45, 2.75) is 52.7 Å². The quantitative estimate of drug-likeness (QED) is 0.490. The van der Waals surface area contributed by atoms with Crippen LogP contribution in [-0.2, 0) is 4.74 Å².